The number of hydrogen-bond donors (Lipinski definition) is 1. The van der Waals surface area contributed by atoms with Crippen molar-refractivity contribution in [1.29, 1.82) is 0 Å². The third-order valence-electron chi connectivity index (χ3n) is 3.83. The highest BCUT2D eigenvalue weighted by atomic mass is 19.0. The van der Waals surface area contributed by atoms with Crippen LogP contribution in [0.15, 0.2) is 24.0 Å². The monoisotopic (exact) mass is 269 g/mol. The standard InChI is InChI=1S/C17H31N.FH/c1-3-5-6-7-8-9-10-11-15-18-16-12-14-17(18)13-4-2;/h12,14,16H,3-11,13,15H2,1-2H3;1H. The molecule has 0 radical (unpaired) electrons. The number of nitrogens with one attached hydrogen (secondary N) is 1. The lowest BCUT2D eigenvalue weighted by Gasteiger charge is -2.13. The Morgan fingerprint density at radius 3 is 2.11 bits per heavy atom. The van der Waals surface area contributed by atoms with E-state index in [9.17, 15) is 0 Å². The van der Waals surface area contributed by atoms with E-state index in [0.29, 0.717) is 0 Å². The van der Waals surface area contributed by atoms with Gasteiger partial charge in [-0.05, 0) is 25.3 Å². The van der Waals surface area contributed by atoms with Crippen molar-refractivity contribution >= 4 is 0 Å². The molecule has 0 saturated heterocycles. The lowest BCUT2D eigenvalue weighted by molar-refractivity contribution is -0.804. The van der Waals surface area contributed by atoms with Crippen LogP contribution in [0.5, 0.6) is 0 Å². The van der Waals surface area contributed by atoms with Crippen molar-refractivity contribution in [3.63, 3.8) is 0 Å². The van der Waals surface area contributed by atoms with Crippen molar-refractivity contribution in [1.82, 2.24) is 0 Å². The first-order valence-electron chi connectivity index (χ1n) is 8.12. The van der Waals surface area contributed by atoms with Crippen molar-refractivity contribution in [3.05, 3.63) is 24.0 Å². The molecule has 0 aromatic rings. The van der Waals surface area contributed by atoms with Crippen molar-refractivity contribution in [3.8, 4) is 0 Å². The Morgan fingerprint density at radius 1 is 0.842 bits per heavy atom. The zero-order valence-electron chi connectivity index (χ0n) is 12.9. The van der Waals surface area contributed by atoms with E-state index < -0.39 is 0 Å². The molecule has 1 N–H and O–H groups in total. The molecule has 1 aliphatic heterocycles. The summed E-state index contributed by atoms with van der Waals surface area (Å²) >= 11 is 0. The second-order valence-electron chi connectivity index (χ2n) is 5.55. The highest BCUT2D eigenvalue weighted by molar-refractivity contribution is 5.10. The van der Waals surface area contributed by atoms with Crippen molar-refractivity contribution in [2.75, 3.05) is 6.54 Å². The van der Waals surface area contributed by atoms with E-state index in [1.807, 2.05) is 0 Å². The fourth-order valence-corrected chi connectivity index (χ4v) is 2.70. The van der Waals surface area contributed by atoms with Gasteiger partial charge in [0.1, 0.15) is 5.70 Å². The van der Waals surface area contributed by atoms with E-state index in [2.05, 4.69) is 32.2 Å². The van der Waals surface area contributed by atoms with Crippen molar-refractivity contribution in [2.45, 2.75) is 78.1 Å². The van der Waals surface area contributed by atoms with Gasteiger partial charge in [0.2, 0.25) is 0 Å². The van der Waals surface area contributed by atoms with Crippen molar-refractivity contribution < 1.29 is 9.60 Å². The minimum absolute atomic E-state index is 0. The Kier molecular flexibility index (Phi) is 12.0. The zero-order valence-corrected chi connectivity index (χ0v) is 12.9. The van der Waals surface area contributed by atoms with Gasteiger partial charge in [-0.15, -0.1) is 0 Å². The Bertz CT molecular complexity index is 258. The van der Waals surface area contributed by atoms with Crippen LogP contribution in [0.25, 0.3) is 0 Å². The first kappa shape index (κ1) is 18.4. The molecule has 2 heteroatoms. The molecular weight excluding hydrogens is 237 g/mol. The Balaban J connectivity index is 0.00000324. The van der Waals surface area contributed by atoms with E-state index in [0.717, 1.165) is 0 Å². The summed E-state index contributed by atoms with van der Waals surface area (Å²) < 4.78 is 0. The minimum Gasteiger partial charge on any atom is -1.00 e. The van der Waals surface area contributed by atoms with E-state index in [1.165, 1.54) is 70.8 Å². The highest BCUT2D eigenvalue weighted by Crippen LogP contribution is 2.08. The van der Waals surface area contributed by atoms with Gasteiger partial charge < -0.3 is 4.70 Å². The summed E-state index contributed by atoms with van der Waals surface area (Å²) in [6.07, 6.45) is 20.8. The minimum atomic E-state index is 0. The van der Waals surface area contributed by atoms with Crippen LogP contribution in [0.2, 0.25) is 0 Å². The third kappa shape index (κ3) is 8.20. The summed E-state index contributed by atoms with van der Waals surface area (Å²) in [5.41, 5.74) is 1.60. The highest BCUT2D eigenvalue weighted by Gasteiger charge is 2.14. The molecular formula is C17H32FN. The molecule has 0 spiro atoms. The Hall–Kier alpha value is -0.630. The molecule has 0 aromatic carbocycles. The number of hydrogen-bond acceptors (Lipinski definition) is 0. The lowest BCUT2D eigenvalue weighted by atomic mass is 10.1. The average Bonchev–Trinajstić information content (AvgIpc) is 2.81. The number of rotatable bonds is 11. The van der Waals surface area contributed by atoms with Crippen LogP contribution in [-0.2, 0) is 0 Å². The molecule has 1 atom stereocenters. The van der Waals surface area contributed by atoms with Crippen LogP contribution in [-0.4, -0.2) is 6.54 Å². The summed E-state index contributed by atoms with van der Waals surface area (Å²) in [5.74, 6) is 0. The Labute approximate surface area is 119 Å². The molecule has 0 saturated carbocycles. The topological polar surface area (TPSA) is 4.44 Å². The summed E-state index contributed by atoms with van der Waals surface area (Å²) in [6, 6.07) is 0. The second-order valence-corrected chi connectivity index (χ2v) is 5.55. The third-order valence-corrected chi connectivity index (χ3v) is 3.83. The molecule has 0 bridgehead atoms. The maximum Gasteiger partial charge on any atom is 0.112 e. The summed E-state index contributed by atoms with van der Waals surface area (Å²) in [7, 11) is 0. The van der Waals surface area contributed by atoms with Crippen molar-refractivity contribution in [2.24, 2.45) is 0 Å². The molecule has 1 heterocycles. The quantitative estimate of drug-likeness (QED) is 0.538. The smallest absolute Gasteiger partial charge is 0.112 e. The maximum atomic E-state index is 2.33. The molecule has 1 unspecified atom stereocenters. The van der Waals surface area contributed by atoms with E-state index >= 15 is 0 Å². The zero-order chi connectivity index (χ0) is 13.1. The van der Waals surface area contributed by atoms with Crippen LogP contribution in [0.1, 0.15) is 78.1 Å². The molecule has 0 aliphatic carbocycles. The van der Waals surface area contributed by atoms with E-state index in [1.54, 1.807) is 10.6 Å². The summed E-state index contributed by atoms with van der Waals surface area (Å²) in [4.78, 5) is 1.61. The number of quaternary nitrogens is 1. The molecule has 1 aliphatic rings. The average molecular weight is 269 g/mol. The summed E-state index contributed by atoms with van der Waals surface area (Å²) in [6.45, 7) is 5.86. The van der Waals surface area contributed by atoms with Crippen LogP contribution in [0.4, 0.5) is 0 Å². The molecule has 0 amide bonds. The summed E-state index contributed by atoms with van der Waals surface area (Å²) in [5, 5.41) is 0. The van der Waals surface area contributed by atoms with Gasteiger partial charge >= 0.3 is 0 Å². The second kappa shape index (κ2) is 12.4. The normalized spacial score (nSPS) is 17.4. The maximum absolute atomic E-state index is 2.33. The van der Waals surface area contributed by atoms with Gasteiger partial charge in [0, 0.05) is 12.5 Å². The first-order valence-corrected chi connectivity index (χ1v) is 8.12. The molecule has 1 nitrogen and oxygen atoms in total. The van der Waals surface area contributed by atoms with E-state index in [4.69, 9.17) is 0 Å². The number of unbranched alkanes of at least 4 members (excludes halogenated alkanes) is 7. The van der Waals surface area contributed by atoms with E-state index in [-0.39, 0.29) is 4.70 Å². The van der Waals surface area contributed by atoms with Gasteiger partial charge in [-0.25, -0.2) is 0 Å². The first-order chi connectivity index (χ1) is 8.88. The predicted octanol–water partition coefficient (Wildman–Crippen LogP) is 1.23. The number of halogens is 1. The molecule has 19 heavy (non-hydrogen) atoms. The fourth-order valence-electron chi connectivity index (χ4n) is 2.70. The Morgan fingerprint density at radius 2 is 1.47 bits per heavy atom. The van der Waals surface area contributed by atoms with Crippen LogP contribution in [0, 0.1) is 0 Å². The van der Waals surface area contributed by atoms with Crippen LogP contribution >= 0.6 is 0 Å². The van der Waals surface area contributed by atoms with Gasteiger partial charge in [-0.3, -0.25) is 4.90 Å². The van der Waals surface area contributed by atoms with Crippen LogP contribution in [0.3, 0.4) is 0 Å². The predicted molar refractivity (Wildman–Crippen MR) is 80.6 cm³/mol. The SMILES string of the molecule is CCCCCCCCCC[NH+]1C=CC=C1CCC.[F-]. The molecule has 1 rings (SSSR count). The largest absolute Gasteiger partial charge is 1.00 e. The van der Waals surface area contributed by atoms with Gasteiger partial charge in [0.15, 0.2) is 0 Å². The van der Waals surface area contributed by atoms with Gasteiger partial charge in [0.25, 0.3) is 0 Å². The van der Waals surface area contributed by atoms with Crippen LogP contribution < -0.4 is 9.60 Å². The van der Waals surface area contributed by atoms with Gasteiger partial charge in [0.05, 0.1) is 12.7 Å². The lowest BCUT2D eigenvalue weighted by Crippen LogP contribution is -3.04. The van der Waals surface area contributed by atoms with Gasteiger partial charge in [-0.2, -0.15) is 0 Å². The molecule has 0 aromatic heterocycles. The molecule has 112 valence electrons. The van der Waals surface area contributed by atoms with Gasteiger partial charge in [-0.1, -0.05) is 52.4 Å². The molecule has 0 fully saturated rings. The fraction of sp³-hybridized carbons (Fsp3) is 0.765. The number of allylic oxidation sites excluding steroid dienone is 3.